The fourth-order valence-electron chi connectivity index (χ4n) is 2.75. The average Bonchev–Trinajstić information content (AvgIpc) is 3.27. The van der Waals surface area contributed by atoms with Crippen LogP contribution in [0, 0.1) is 6.92 Å². The monoisotopic (exact) mass is 379 g/mol. The number of ether oxygens (including phenoxy) is 1. The van der Waals surface area contributed by atoms with Gasteiger partial charge in [-0.1, -0.05) is 24.3 Å². The van der Waals surface area contributed by atoms with Gasteiger partial charge in [0, 0.05) is 16.5 Å². The minimum Gasteiger partial charge on any atom is -0.493 e. The van der Waals surface area contributed by atoms with Gasteiger partial charge in [-0.05, 0) is 36.8 Å². The number of anilines is 2. The van der Waals surface area contributed by atoms with Crippen molar-refractivity contribution in [3.63, 3.8) is 0 Å². The fourth-order valence-corrected chi connectivity index (χ4v) is 3.44. The average molecular weight is 379 g/mol. The molecule has 7 heteroatoms. The third kappa shape index (κ3) is 3.63. The normalized spacial score (nSPS) is 10.7. The number of nitrogens with zero attached hydrogens (tertiary/aromatic N) is 1. The smallest absolute Gasteiger partial charge is 0.325 e. The zero-order valence-corrected chi connectivity index (χ0v) is 15.6. The highest BCUT2D eigenvalue weighted by Gasteiger charge is 2.14. The molecule has 0 fully saturated rings. The highest BCUT2D eigenvalue weighted by Crippen LogP contribution is 2.34. The number of hydrogen-bond acceptors (Lipinski definition) is 5. The van der Waals surface area contributed by atoms with Crippen molar-refractivity contribution in [2.75, 3.05) is 17.7 Å². The maximum atomic E-state index is 12.2. The minimum atomic E-state index is -0.340. The first kappa shape index (κ1) is 17.1. The van der Waals surface area contributed by atoms with Crippen molar-refractivity contribution in [1.82, 2.24) is 4.98 Å². The van der Waals surface area contributed by atoms with E-state index in [1.54, 1.807) is 7.11 Å². The molecule has 0 unspecified atom stereocenters. The summed E-state index contributed by atoms with van der Waals surface area (Å²) in [7, 11) is 1.61. The largest absolute Gasteiger partial charge is 0.493 e. The Balaban J connectivity index is 1.51. The summed E-state index contributed by atoms with van der Waals surface area (Å²) in [5, 5.41) is 8.80. The van der Waals surface area contributed by atoms with E-state index < -0.39 is 0 Å². The predicted molar refractivity (Wildman–Crippen MR) is 108 cm³/mol. The molecule has 2 aromatic carbocycles. The van der Waals surface area contributed by atoms with Crippen molar-refractivity contribution in [3.05, 3.63) is 59.5 Å². The molecule has 0 aliphatic heterocycles. The number of hydrogen-bond donors (Lipinski definition) is 2. The number of fused-ring (bicyclic) bond motifs is 1. The van der Waals surface area contributed by atoms with Crippen molar-refractivity contribution in [1.29, 1.82) is 0 Å². The molecule has 2 amide bonds. The molecule has 0 bridgehead atoms. The van der Waals surface area contributed by atoms with Crippen molar-refractivity contribution in [3.8, 4) is 17.2 Å². The maximum absolute atomic E-state index is 12.2. The zero-order chi connectivity index (χ0) is 18.8. The van der Waals surface area contributed by atoms with E-state index in [4.69, 9.17) is 9.15 Å². The van der Waals surface area contributed by atoms with E-state index in [9.17, 15) is 4.79 Å². The molecule has 0 spiro atoms. The van der Waals surface area contributed by atoms with Crippen LogP contribution in [0.15, 0.2) is 58.3 Å². The van der Waals surface area contributed by atoms with Crippen LogP contribution in [0.1, 0.15) is 5.56 Å². The van der Waals surface area contributed by atoms with Crippen molar-refractivity contribution in [2.24, 2.45) is 0 Å². The molecule has 0 atom stereocenters. The molecule has 27 heavy (non-hydrogen) atoms. The van der Waals surface area contributed by atoms with E-state index in [1.807, 2.05) is 60.8 Å². The number of aryl methyl sites for hydroxylation is 1. The molecule has 2 N–H and O–H groups in total. The molecule has 0 saturated carbocycles. The van der Waals surface area contributed by atoms with E-state index in [2.05, 4.69) is 15.6 Å². The Labute approximate surface area is 159 Å². The molecule has 2 heterocycles. The number of methoxy groups -OCH3 is 1. The van der Waals surface area contributed by atoms with Gasteiger partial charge in [-0.25, -0.2) is 9.78 Å². The first-order valence-corrected chi connectivity index (χ1v) is 9.17. The van der Waals surface area contributed by atoms with Gasteiger partial charge in [0.1, 0.15) is 5.69 Å². The third-order valence-corrected chi connectivity index (χ3v) is 4.74. The van der Waals surface area contributed by atoms with Crippen LogP contribution in [-0.2, 0) is 0 Å². The van der Waals surface area contributed by atoms with Crippen LogP contribution in [0.3, 0.4) is 0 Å². The molecular weight excluding hydrogens is 362 g/mol. The second-order valence-electron chi connectivity index (χ2n) is 5.98. The van der Waals surface area contributed by atoms with E-state index >= 15 is 0 Å². The van der Waals surface area contributed by atoms with Gasteiger partial charge in [0.05, 0.1) is 7.11 Å². The number of para-hydroxylation sites is 1. The molecule has 0 aliphatic carbocycles. The topological polar surface area (TPSA) is 76.4 Å². The molecule has 0 saturated heterocycles. The van der Waals surface area contributed by atoms with E-state index in [1.165, 1.54) is 11.3 Å². The summed E-state index contributed by atoms with van der Waals surface area (Å²) < 4.78 is 11.2. The van der Waals surface area contributed by atoms with Crippen LogP contribution in [0.25, 0.3) is 22.4 Å². The van der Waals surface area contributed by atoms with Gasteiger partial charge < -0.3 is 14.5 Å². The number of amides is 2. The van der Waals surface area contributed by atoms with Gasteiger partial charge in [0.25, 0.3) is 0 Å². The summed E-state index contributed by atoms with van der Waals surface area (Å²) in [4.78, 5) is 16.6. The van der Waals surface area contributed by atoms with Crippen LogP contribution >= 0.6 is 11.3 Å². The molecule has 0 radical (unpaired) electrons. The number of carbonyl (C=O) groups excluding carboxylic acids is 1. The quantitative estimate of drug-likeness (QED) is 0.490. The van der Waals surface area contributed by atoms with Crippen LogP contribution in [-0.4, -0.2) is 18.1 Å². The zero-order valence-electron chi connectivity index (χ0n) is 14.8. The summed E-state index contributed by atoms with van der Waals surface area (Å²) in [6.07, 6.45) is 0. The Morgan fingerprint density at radius 1 is 1.15 bits per heavy atom. The second kappa shape index (κ2) is 7.13. The van der Waals surface area contributed by atoms with Gasteiger partial charge >= 0.3 is 6.03 Å². The van der Waals surface area contributed by atoms with Gasteiger partial charge in [0.15, 0.2) is 22.2 Å². The summed E-state index contributed by atoms with van der Waals surface area (Å²) in [6, 6.07) is 14.9. The standard InChI is InChI=1S/C20H17N3O3S/c1-12-5-3-7-14(9-12)21-19(24)23-20-22-15(11-27-20)17-10-13-6-4-8-16(25-2)18(13)26-17/h3-11H,1-2H3,(H2,21,22,23,24). The SMILES string of the molecule is COc1cccc2cc(-c3csc(NC(=O)Nc4cccc(C)c4)n3)oc12. The van der Waals surface area contributed by atoms with E-state index in [-0.39, 0.29) is 6.03 Å². The van der Waals surface area contributed by atoms with E-state index in [0.29, 0.717) is 27.9 Å². The lowest BCUT2D eigenvalue weighted by Gasteiger charge is -2.05. The first-order chi connectivity index (χ1) is 13.1. The molecule has 4 rings (SSSR count). The Morgan fingerprint density at radius 3 is 2.81 bits per heavy atom. The molecule has 4 aromatic rings. The Kier molecular flexibility index (Phi) is 4.52. The van der Waals surface area contributed by atoms with E-state index in [0.717, 1.165) is 16.6 Å². The highest BCUT2D eigenvalue weighted by molar-refractivity contribution is 7.14. The van der Waals surface area contributed by atoms with Crippen LogP contribution in [0.5, 0.6) is 5.75 Å². The summed E-state index contributed by atoms with van der Waals surface area (Å²) in [5.74, 6) is 1.29. The Hall–Kier alpha value is -3.32. The molecule has 136 valence electrons. The lowest BCUT2D eigenvalue weighted by atomic mass is 10.2. The predicted octanol–water partition coefficient (Wildman–Crippen LogP) is 5.52. The number of nitrogens with one attached hydrogen (secondary N) is 2. The number of aromatic nitrogens is 1. The summed E-state index contributed by atoms with van der Waals surface area (Å²) >= 11 is 1.33. The number of carbonyl (C=O) groups is 1. The van der Waals surface area contributed by atoms with Crippen LogP contribution in [0.4, 0.5) is 15.6 Å². The van der Waals surface area contributed by atoms with Crippen molar-refractivity contribution in [2.45, 2.75) is 6.92 Å². The number of thiazole rings is 1. The lowest BCUT2D eigenvalue weighted by molar-refractivity contribution is 0.262. The highest BCUT2D eigenvalue weighted by atomic mass is 32.1. The minimum absolute atomic E-state index is 0.340. The number of urea groups is 1. The molecule has 6 nitrogen and oxygen atoms in total. The lowest BCUT2D eigenvalue weighted by Crippen LogP contribution is -2.19. The van der Waals surface area contributed by atoms with Crippen LogP contribution in [0.2, 0.25) is 0 Å². The Bertz CT molecular complexity index is 1120. The van der Waals surface area contributed by atoms with Crippen LogP contribution < -0.4 is 15.4 Å². The summed E-state index contributed by atoms with van der Waals surface area (Å²) in [6.45, 7) is 1.97. The molecule has 2 aromatic heterocycles. The maximum Gasteiger partial charge on any atom is 0.325 e. The van der Waals surface area contributed by atoms with Gasteiger partial charge in [0.2, 0.25) is 0 Å². The first-order valence-electron chi connectivity index (χ1n) is 8.29. The summed E-state index contributed by atoms with van der Waals surface area (Å²) in [5.41, 5.74) is 3.14. The van der Waals surface area contributed by atoms with Crippen molar-refractivity contribution < 1.29 is 13.9 Å². The number of rotatable bonds is 4. The van der Waals surface area contributed by atoms with Gasteiger partial charge in [-0.3, -0.25) is 5.32 Å². The fraction of sp³-hybridized carbons (Fsp3) is 0.100. The number of benzene rings is 2. The van der Waals surface area contributed by atoms with Crippen molar-refractivity contribution >= 4 is 39.2 Å². The Morgan fingerprint density at radius 2 is 2.00 bits per heavy atom. The molecular formula is C20H17N3O3S. The number of furan rings is 1. The van der Waals surface area contributed by atoms with Gasteiger partial charge in [-0.2, -0.15) is 0 Å². The second-order valence-corrected chi connectivity index (χ2v) is 6.83. The molecule has 0 aliphatic rings. The van der Waals surface area contributed by atoms with Gasteiger partial charge in [-0.15, -0.1) is 11.3 Å². The third-order valence-electron chi connectivity index (χ3n) is 3.98.